The Morgan fingerprint density at radius 3 is 2.92 bits per heavy atom. The molecule has 0 aliphatic carbocycles. The summed E-state index contributed by atoms with van der Waals surface area (Å²) in [7, 11) is 0. The first-order chi connectivity index (χ1) is 12.5. The van der Waals surface area contributed by atoms with Gasteiger partial charge in [0.2, 0.25) is 5.96 Å². The summed E-state index contributed by atoms with van der Waals surface area (Å²) in [5.74, 6) is 0.548. The average molecular weight is 348 g/mol. The van der Waals surface area contributed by atoms with E-state index in [1.807, 2.05) is 31.3 Å². The number of rotatable bonds is 3. The molecule has 1 atom stereocenters. The summed E-state index contributed by atoms with van der Waals surface area (Å²) in [6.45, 7) is 4.67. The molecule has 2 aliphatic heterocycles. The van der Waals surface area contributed by atoms with Crippen LogP contribution in [0.2, 0.25) is 0 Å². The predicted molar refractivity (Wildman–Crippen MR) is 104 cm³/mol. The summed E-state index contributed by atoms with van der Waals surface area (Å²) in [6.07, 6.45) is 6.06. The van der Waals surface area contributed by atoms with Crippen molar-refractivity contribution in [3.8, 4) is 0 Å². The Morgan fingerprint density at radius 1 is 1.35 bits per heavy atom. The number of aliphatic imine (C=N–C) groups is 2. The highest BCUT2D eigenvalue weighted by molar-refractivity contribution is 6.01. The van der Waals surface area contributed by atoms with E-state index >= 15 is 0 Å². The highest BCUT2D eigenvalue weighted by Crippen LogP contribution is 2.25. The van der Waals surface area contributed by atoms with Crippen molar-refractivity contribution in [2.45, 2.75) is 13.8 Å². The summed E-state index contributed by atoms with van der Waals surface area (Å²) >= 11 is 0. The third-order valence-corrected chi connectivity index (χ3v) is 4.40. The van der Waals surface area contributed by atoms with Gasteiger partial charge in [0, 0.05) is 28.7 Å². The van der Waals surface area contributed by atoms with Gasteiger partial charge in [0.1, 0.15) is 5.69 Å². The molecule has 4 rings (SSSR count). The van der Waals surface area contributed by atoms with Crippen molar-refractivity contribution in [2.75, 3.05) is 11.9 Å². The minimum atomic E-state index is -0.470. The molecule has 7 heteroatoms. The maximum atomic E-state index is 11.4. The highest BCUT2D eigenvalue weighted by atomic mass is 16.1. The predicted octanol–water partition coefficient (Wildman–Crippen LogP) is 2.43. The fourth-order valence-corrected chi connectivity index (χ4v) is 3.14. The summed E-state index contributed by atoms with van der Waals surface area (Å²) in [5.41, 5.74) is 10.5. The number of aryl methyl sites for hydroxylation is 1. The van der Waals surface area contributed by atoms with Crippen molar-refractivity contribution in [3.63, 3.8) is 0 Å². The molecular weight excluding hydrogens is 328 g/mol. The monoisotopic (exact) mass is 348 g/mol. The van der Waals surface area contributed by atoms with Gasteiger partial charge < -0.3 is 21.4 Å². The lowest BCUT2D eigenvalue weighted by molar-refractivity contribution is 0.0996. The van der Waals surface area contributed by atoms with Crippen LogP contribution in [0.4, 0.5) is 5.69 Å². The fraction of sp³-hybridized carbons (Fsp3) is 0.211. The van der Waals surface area contributed by atoms with Gasteiger partial charge in [-0.05, 0) is 42.8 Å². The number of nitrogens with two attached hydrogens (primary N) is 1. The average Bonchev–Trinajstić information content (AvgIpc) is 3.22. The number of aromatic nitrogens is 1. The Morgan fingerprint density at radius 2 is 2.19 bits per heavy atom. The van der Waals surface area contributed by atoms with Gasteiger partial charge in [-0.25, -0.2) is 4.99 Å². The molecule has 0 spiro atoms. The number of guanidine groups is 1. The van der Waals surface area contributed by atoms with Gasteiger partial charge in [0.25, 0.3) is 5.91 Å². The summed E-state index contributed by atoms with van der Waals surface area (Å²) in [4.78, 5) is 23.4. The zero-order valence-electron chi connectivity index (χ0n) is 14.6. The number of anilines is 1. The number of benzene rings is 1. The van der Waals surface area contributed by atoms with Gasteiger partial charge >= 0.3 is 0 Å². The van der Waals surface area contributed by atoms with E-state index in [4.69, 9.17) is 5.73 Å². The number of aromatic amines is 1. The number of fused-ring (bicyclic) bond motifs is 1. The molecule has 1 aromatic heterocycles. The first-order valence-corrected chi connectivity index (χ1v) is 8.48. The Hall–Kier alpha value is -3.35. The van der Waals surface area contributed by atoms with Gasteiger partial charge in [-0.15, -0.1) is 0 Å². The van der Waals surface area contributed by atoms with Crippen LogP contribution in [0.1, 0.15) is 23.0 Å². The topological polar surface area (TPSA) is 108 Å². The molecule has 5 N–H and O–H groups in total. The van der Waals surface area contributed by atoms with Crippen molar-refractivity contribution in [1.29, 1.82) is 0 Å². The van der Waals surface area contributed by atoms with E-state index in [1.165, 1.54) is 0 Å². The Balaban J connectivity index is 1.56. The molecule has 0 saturated heterocycles. The van der Waals surface area contributed by atoms with Crippen LogP contribution in [-0.2, 0) is 0 Å². The number of carbonyl (C=O) groups is 1. The Bertz CT molecular complexity index is 1020. The van der Waals surface area contributed by atoms with E-state index in [9.17, 15) is 4.79 Å². The summed E-state index contributed by atoms with van der Waals surface area (Å²) < 4.78 is 0. The van der Waals surface area contributed by atoms with Crippen LogP contribution in [-0.4, -0.2) is 29.6 Å². The largest absolute Gasteiger partial charge is 0.364 e. The molecule has 0 saturated carbocycles. The number of amides is 1. The molecule has 1 amide bonds. The van der Waals surface area contributed by atoms with Gasteiger partial charge in [-0.3, -0.25) is 9.79 Å². The van der Waals surface area contributed by atoms with Crippen LogP contribution in [0.5, 0.6) is 0 Å². The van der Waals surface area contributed by atoms with Crippen molar-refractivity contribution in [3.05, 3.63) is 53.0 Å². The Labute approximate surface area is 150 Å². The van der Waals surface area contributed by atoms with E-state index in [0.29, 0.717) is 24.1 Å². The number of hydrogen-bond donors (Lipinski definition) is 4. The van der Waals surface area contributed by atoms with Gasteiger partial charge in [-0.2, -0.15) is 0 Å². The summed E-state index contributed by atoms with van der Waals surface area (Å²) in [6, 6.07) is 5.72. The Kier molecular flexibility index (Phi) is 3.84. The fourth-order valence-electron chi connectivity index (χ4n) is 3.14. The molecule has 2 aliphatic rings. The number of H-pyrrole nitrogens is 1. The van der Waals surface area contributed by atoms with Crippen molar-refractivity contribution < 1.29 is 4.79 Å². The molecule has 0 fully saturated rings. The van der Waals surface area contributed by atoms with E-state index in [-0.39, 0.29) is 0 Å². The van der Waals surface area contributed by atoms with Crippen molar-refractivity contribution in [2.24, 2.45) is 21.6 Å². The number of allylic oxidation sites excluding steroid dienone is 1. The first kappa shape index (κ1) is 16.1. The lowest BCUT2D eigenvalue weighted by atomic mass is 10.1. The van der Waals surface area contributed by atoms with Crippen LogP contribution in [0, 0.1) is 12.8 Å². The highest BCUT2D eigenvalue weighted by Gasteiger charge is 2.16. The molecule has 7 nitrogen and oxygen atoms in total. The maximum absolute atomic E-state index is 11.4. The molecular formula is C19H20N6O. The van der Waals surface area contributed by atoms with Crippen LogP contribution in [0.3, 0.4) is 0 Å². The van der Waals surface area contributed by atoms with E-state index in [0.717, 1.165) is 33.5 Å². The second kappa shape index (κ2) is 6.18. The zero-order valence-corrected chi connectivity index (χ0v) is 14.6. The smallest absolute Gasteiger partial charge is 0.265 e. The number of hydrogen-bond acceptors (Lipinski definition) is 5. The number of primary amides is 1. The zero-order chi connectivity index (χ0) is 18.3. The normalized spacial score (nSPS) is 19.0. The van der Waals surface area contributed by atoms with E-state index in [1.54, 1.807) is 6.07 Å². The van der Waals surface area contributed by atoms with Crippen LogP contribution in [0.25, 0.3) is 10.9 Å². The summed E-state index contributed by atoms with van der Waals surface area (Å²) in [5, 5.41) is 7.52. The number of carbonyl (C=O) groups excluding carboxylic acids is 1. The molecule has 3 heterocycles. The van der Waals surface area contributed by atoms with E-state index in [2.05, 4.69) is 38.6 Å². The molecule has 1 unspecified atom stereocenters. The standard InChI is InChI=1S/C19H20N6O/c1-10-5-15(22-9-10)14-3-4-21-19(25-14)23-13-6-11(2)17-12(7-13)8-16(24-17)18(20)26/h3,5-10,24H,4H2,1-2H3,(H2,20,26)(H2,21,23,25). The van der Waals surface area contributed by atoms with Crippen LogP contribution >= 0.6 is 0 Å². The second-order valence-corrected chi connectivity index (χ2v) is 6.55. The lowest BCUT2D eigenvalue weighted by Gasteiger charge is -2.18. The molecule has 0 radical (unpaired) electrons. The third kappa shape index (κ3) is 2.99. The van der Waals surface area contributed by atoms with Crippen molar-refractivity contribution in [1.82, 2.24) is 10.3 Å². The van der Waals surface area contributed by atoms with Gasteiger partial charge in [0.15, 0.2) is 0 Å². The first-order valence-electron chi connectivity index (χ1n) is 8.48. The third-order valence-electron chi connectivity index (χ3n) is 4.40. The SMILES string of the molecule is Cc1cc(NC2=NCC=C(C3=CC(C)C=N3)N2)cc2cc(C(N)=O)[nH]c12. The lowest BCUT2D eigenvalue weighted by Crippen LogP contribution is -2.33. The second-order valence-electron chi connectivity index (χ2n) is 6.55. The minimum absolute atomic E-state index is 0.348. The molecule has 0 bridgehead atoms. The molecule has 132 valence electrons. The quantitative estimate of drug-likeness (QED) is 0.684. The number of nitrogens with one attached hydrogen (secondary N) is 3. The number of nitrogens with zero attached hydrogens (tertiary/aromatic N) is 2. The van der Waals surface area contributed by atoms with Gasteiger partial charge in [0.05, 0.1) is 17.9 Å². The van der Waals surface area contributed by atoms with Gasteiger partial charge in [-0.1, -0.05) is 6.92 Å². The maximum Gasteiger partial charge on any atom is 0.265 e. The molecule has 26 heavy (non-hydrogen) atoms. The van der Waals surface area contributed by atoms with Crippen LogP contribution in [0.15, 0.2) is 51.7 Å². The van der Waals surface area contributed by atoms with E-state index < -0.39 is 5.91 Å². The van der Waals surface area contributed by atoms with Crippen molar-refractivity contribution >= 4 is 34.7 Å². The van der Waals surface area contributed by atoms with Crippen LogP contribution < -0.4 is 16.4 Å². The molecule has 1 aromatic carbocycles. The molecule has 2 aromatic rings. The minimum Gasteiger partial charge on any atom is -0.364 e.